The Bertz CT molecular complexity index is 404. The zero-order chi connectivity index (χ0) is 13.7. The number of aromatic nitrogens is 2. The smallest absolute Gasteiger partial charge is 0.133 e. The lowest BCUT2D eigenvalue weighted by molar-refractivity contribution is 0.0835. The lowest BCUT2D eigenvalue weighted by Crippen LogP contribution is -2.39. The van der Waals surface area contributed by atoms with Crippen molar-refractivity contribution in [2.45, 2.75) is 58.1 Å². The van der Waals surface area contributed by atoms with Crippen molar-refractivity contribution in [1.29, 1.82) is 0 Å². The Kier molecular flexibility index (Phi) is 4.96. The first-order valence-electron chi connectivity index (χ1n) is 7.27. The lowest BCUT2D eigenvalue weighted by Gasteiger charge is -2.32. The van der Waals surface area contributed by atoms with Crippen LogP contribution in [-0.4, -0.2) is 33.8 Å². The highest BCUT2D eigenvalue weighted by molar-refractivity contribution is 5.48. The molecule has 1 heterocycles. The van der Waals surface area contributed by atoms with Crippen molar-refractivity contribution in [3.8, 4) is 0 Å². The number of rotatable bonds is 7. The van der Waals surface area contributed by atoms with E-state index in [0.717, 1.165) is 56.1 Å². The van der Waals surface area contributed by atoms with Gasteiger partial charge < -0.3 is 15.7 Å². The van der Waals surface area contributed by atoms with E-state index in [9.17, 15) is 5.11 Å². The molecule has 2 rings (SSSR count). The zero-order valence-corrected chi connectivity index (χ0v) is 11.8. The SMILES string of the molecule is CCCNc1cc(NC2CC(O)C2)nc(CCC)n1. The van der Waals surface area contributed by atoms with Gasteiger partial charge in [0.25, 0.3) is 0 Å². The van der Waals surface area contributed by atoms with Gasteiger partial charge in [-0.05, 0) is 25.7 Å². The maximum atomic E-state index is 9.32. The number of aliphatic hydroxyl groups excluding tert-OH is 1. The van der Waals surface area contributed by atoms with E-state index >= 15 is 0 Å². The van der Waals surface area contributed by atoms with Gasteiger partial charge in [-0.15, -0.1) is 0 Å². The van der Waals surface area contributed by atoms with Crippen molar-refractivity contribution in [3.05, 3.63) is 11.9 Å². The van der Waals surface area contributed by atoms with Crippen LogP contribution in [0.2, 0.25) is 0 Å². The van der Waals surface area contributed by atoms with Crippen LogP contribution in [0.4, 0.5) is 11.6 Å². The molecule has 1 aliphatic rings. The maximum Gasteiger partial charge on any atom is 0.133 e. The summed E-state index contributed by atoms with van der Waals surface area (Å²) in [6.45, 7) is 5.19. The van der Waals surface area contributed by atoms with Crippen LogP contribution in [0.25, 0.3) is 0 Å². The predicted molar refractivity (Wildman–Crippen MR) is 77.5 cm³/mol. The Morgan fingerprint density at radius 1 is 1.21 bits per heavy atom. The van der Waals surface area contributed by atoms with Gasteiger partial charge in [0.15, 0.2) is 0 Å². The number of nitrogens with zero attached hydrogens (tertiary/aromatic N) is 2. The average Bonchev–Trinajstić information content (AvgIpc) is 2.35. The summed E-state index contributed by atoms with van der Waals surface area (Å²) in [7, 11) is 0. The van der Waals surface area contributed by atoms with Crippen molar-refractivity contribution in [2.75, 3.05) is 17.2 Å². The monoisotopic (exact) mass is 264 g/mol. The fraction of sp³-hybridized carbons (Fsp3) is 0.714. The third-order valence-electron chi connectivity index (χ3n) is 3.27. The number of anilines is 2. The van der Waals surface area contributed by atoms with Crippen molar-refractivity contribution < 1.29 is 5.11 Å². The second-order valence-electron chi connectivity index (χ2n) is 5.20. The van der Waals surface area contributed by atoms with E-state index in [-0.39, 0.29) is 6.10 Å². The molecule has 0 aromatic carbocycles. The molecular formula is C14H24N4O. The molecule has 5 nitrogen and oxygen atoms in total. The second kappa shape index (κ2) is 6.70. The highest BCUT2D eigenvalue weighted by Gasteiger charge is 2.27. The van der Waals surface area contributed by atoms with E-state index in [1.54, 1.807) is 0 Å². The van der Waals surface area contributed by atoms with Crippen molar-refractivity contribution in [3.63, 3.8) is 0 Å². The molecule has 5 heteroatoms. The highest BCUT2D eigenvalue weighted by atomic mass is 16.3. The maximum absolute atomic E-state index is 9.32. The molecule has 1 aliphatic carbocycles. The van der Waals surface area contributed by atoms with Gasteiger partial charge in [0.05, 0.1) is 6.10 Å². The van der Waals surface area contributed by atoms with Gasteiger partial charge in [-0.3, -0.25) is 0 Å². The van der Waals surface area contributed by atoms with Crippen LogP contribution in [0.1, 0.15) is 45.4 Å². The molecule has 0 bridgehead atoms. The summed E-state index contributed by atoms with van der Waals surface area (Å²) in [4.78, 5) is 9.05. The van der Waals surface area contributed by atoms with E-state index in [4.69, 9.17) is 0 Å². The Labute approximate surface area is 114 Å². The van der Waals surface area contributed by atoms with Gasteiger partial charge in [0, 0.05) is 25.1 Å². The zero-order valence-electron chi connectivity index (χ0n) is 11.8. The summed E-state index contributed by atoms with van der Waals surface area (Å²) in [5, 5.41) is 16.0. The molecule has 19 heavy (non-hydrogen) atoms. The molecule has 106 valence electrons. The summed E-state index contributed by atoms with van der Waals surface area (Å²) < 4.78 is 0. The summed E-state index contributed by atoms with van der Waals surface area (Å²) in [6, 6.07) is 2.30. The number of aryl methyl sites for hydroxylation is 1. The predicted octanol–water partition coefficient (Wildman–Crippen LogP) is 2.19. The Balaban J connectivity index is 2.04. The summed E-state index contributed by atoms with van der Waals surface area (Å²) in [5.41, 5.74) is 0. The van der Waals surface area contributed by atoms with E-state index in [0.29, 0.717) is 6.04 Å². The molecule has 0 aliphatic heterocycles. The fourth-order valence-electron chi connectivity index (χ4n) is 2.16. The Morgan fingerprint density at radius 3 is 2.58 bits per heavy atom. The van der Waals surface area contributed by atoms with Crippen LogP contribution in [0.3, 0.4) is 0 Å². The van der Waals surface area contributed by atoms with Crippen molar-refractivity contribution in [2.24, 2.45) is 0 Å². The quantitative estimate of drug-likeness (QED) is 0.704. The van der Waals surface area contributed by atoms with Crippen LogP contribution in [-0.2, 0) is 6.42 Å². The number of hydrogen-bond donors (Lipinski definition) is 3. The first kappa shape index (κ1) is 14.1. The average molecular weight is 264 g/mol. The molecule has 1 aromatic rings. The molecule has 0 radical (unpaired) electrons. The van der Waals surface area contributed by atoms with Crippen LogP contribution in [0.5, 0.6) is 0 Å². The second-order valence-corrected chi connectivity index (χ2v) is 5.20. The normalized spacial score (nSPS) is 21.8. The molecule has 0 saturated heterocycles. The molecule has 3 N–H and O–H groups in total. The first-order chi connectivity index (χ1) is 9.21. The van der Waals surface area contributed by atoms with Crippen molar-refractivity contribution >= 4 is 11.6 Å². The summed E-state index contributed by atoms with van der Waals surface area (Å²) in [5.74, 6) is 2.64. The molecule has 1 aromatic heterocycles. The van der Waals surface area contributed by atoms with Crippen LogP contribution < -0.4 is 10.6 Å². The van der Waals surface area contributed by atoms with Crippen LogP contribution in [0.15, 0.2) is 6.07 Å². The molecule has 1 fully saturated rings. The molecule has 0 unspecified atom stereocenters. The third-order valence-corrected chi connectivity index (χ3v) is 3.27. The highest BCUT2D eigenvalue weighted by Crippen LogP contribution is 2.24. The van der Waals surface area contributed by atoms with E-state index in [1.165, 1.54) is 0 Å². The lowest BCUT2D eigenvalue weighted by atomic mass is 9.89. The summed E-state index contributed by atoms with van der Waals surface area (Å²) >= 11 is 0. The standard InChI is InChI=1S/C14H24N4O/c1-3-5-12-17-13(15-6-4-2)9-14(18-12)16-10-7-11(19)8-10/h9-11,19H,3-8H2,1-2H3,(H2,15,16,17,18). The first-order valence-corrected chi connectivity index (χ1v) is 7.27. The Hall–Kier alpha value is -1.36. The largest absolute Gasteiger partial charge is 0.393 e. The third kappa shape index (κ3) is 4.06. The number of nitrogens with one attached hydrogen (secondary N) is 2. The minimum absolute atomic E-state index is 0.146. The van der Waals surface area contributed by atoms with Gasteiger partial charge in [-0.25, -0.2) is 9.97 Å². The van der Waals surface area contributed by atoms with Gasteiger partial charge in [0.1, 0.15) is 17.5 Å². The summed E-state index contributed by atoms with van der Waals surface area (Å²) in [6.07, 6.45) is 4.48. The topological polar surface area (TPSA) is 70.1 Å². The fourth-order valence-corrected chi connectivity index (χ4v) is 2.16. The molecule has 0 spiro atoms. The van der Waals surface area contributed by atoms with Crippen molar-refractivity contribution in [1.82, 2.24) is 9.97 Å². The molecular weight excluding hydrogens is 240 g/mol. The molecule has 0 atom stereocenters. The number of hydrogen-bond acceptors (Lipinski definition) is 5. The van der Waals surface area contributed by atoms with E-state index in [1.807, 2.05) is 6.07 Å². The van der Waals surface area contributed by atoms with Gasteiger partial charge in [-0.1, -0.05) is 13.8 Å². The van der Waals surface area contributed by atoms with E-state index in [2.05, 4.69) is 34.4 Å². The van der Waals surface area contributed by atoms with Gasteiger partial charge in [0.2, 0.25) is 0 Å². The van der Waals surface area contributed by atoms with Gasteiger partial charge in [-0.2, -0.15) is 0 Å². The molecule has 0 amide bonds. The Morgan fingerprint density at radius 2 is 1.95 bits per heavy atom. The van der Waals surface area contributed by atoms with Gasteiger partial charge >= 0.3 is 0 Å². The molecule has 1 saturated carbocycles. The number of aliphatic hydroxyl groups is 1. The van der Waals surface area contributed by atoms with Crippen LogP contribution in [0, 0.1) is 0 Å². The minimum atomic E-state index is -0.146. The van der Waals surface area contributed by atoms with Crippen LogP contribution >= 0.6 is 0 Å². The van der Waals surface area contributed by atoms with E-state index < -0.39 is 0 Å². The minimum Gasteiger partial charge on any atom is -0.393 e.